The van der Waals surface area contributed by atoms with Crippen LogP contribution in [0.2, 0.25) is 0 Å². The van der Waals surface area contributed by atoms with E-state index in [2.05, 4.69) is 12.2 Å². The molecule has 0 radical (unpaired) electrons. The normalized spacial score (nSPS) is 24.5. The van der Waals surface area contributed by atoms with Crippen LogP contribution in [-0.2, 0) is 25.5 Å². The number of hydrogen-bond donors (Lipinski definition) is 5. The molecule has 12 heteroatoms. The number of rotatable bonds is 19. The summed E-state index contributed by atoms with van der Waals surface area (Å²) in [6.07, 6.45) is 10.8. The molecule has 5 N–H and O–H groups in total. The molecule has 2 aromatic carbocycles. The number of phenols is 2. The number of nitrogens with one attached hydrogen (secondary N) is 1. The molecule has 1 heterocycles. The van der Waals surface area contributed by atoms with Crippen LogP contribution in [-0.4, -0.2) is 80.9 Å². The fraction of sp³-hybridized carbons (Fsp3) is 0.628. The molecule has 12 nitrogen and oxygen atoms in total. The molecular formula is C43H59NO11. The Bertz CT molecular complexity index is 1720. The monoisotopic (exact) mass is 765 g/mol. The number of ketones is 3. The standard InChI is InChI=1S/C43H59NO11/c1-5-6-7-8-9-10-11-12-13-14-15-16-17-21-32(46)44-29-22-33(54-25(2)38(29)47)55-31-24-43(52,26(3)45)23-28-35(31)42(51)37-36(40(28)49)39(48)27-19-18-20-30(53-4)34(27)41(37)50/h18-20,25,29,31,33,38,47,49,51-52H,5-17,21-24H2,1-4H3,(H,44,46)/t25-,29-,31-,33-,38+,43-/m0/s1. The minimum absolute atomic E-state index is 0.000140. The third-order valence-electron chi connectivity index (χ3n) is 11.6. The largest absolute Gasteiger partial charge is 0.507 e. The SMILES string of the molecule is CCCCCCCCCCCCCCCC(=O)N[C@H]1C[C@H](O[C@H]2C[C@](O)(C(C)=O)Cc3c(O)c4c(c(O)c32)C(=O)c2c(OC)cccc2C4=O)O[C@@H](C)[C@H]1O. The zero-order valence-corrected chi connectivity index (χ0v) is 32.8. The summed E-state index contributed by atoms with van der Waals surface area (Å²) < 4.78 is 17.6. The first-order chi connectivity index (χ1) is 26.3. The summed E-state index contributed by atoms with van der Waals surface area (Å²) >= 11 is 0. The minimum Gasteiger partial charge on any atom is -0.507 e. The second-order valence-electron chi connectivity index (χ2n) is 15.6. The number of phenolic OH excluding ortho intramolecular Hbond substituents is 2. The molecule has 1 amide bonds. The van der Waals surface area contributed by atoms with Gasteiger partial charge in [-0.05, 0) is 26.3 Å². The highest BCUT2D eigenvalue weighted by Crippen LogP contribution is 2.52. The van der Waals surface area contributed by atoms with Crippen molar-refractivity contribution in [2.75, 3.05) is 7.11 Å². The molecule has 55 heavy (non-hydrogen) atoms. The first-order valence-corrected chi connectivity index (χ1v) is 20.2. The molecule has 1 aliphatic heterocycles. The van der Waals surface area contributed by atoms with Crippen LogP contribution >= 0.6 is 0 Å². The van der Waals surface area contributed by atoms with E-state index in [4.69, 9.17) is 14.2 Å². The van der Waals surface area contributed by atoms with Crippen molar-refractivity contribution in [3.8, 4) is 17.2 Å². The van der Waals surface area contributed by atoms with Crippen molar-refractivity contribution in [1.82, 2.24) is 5.32 Å². The van der Waals surface area contributed by atoms with Crippen LogP contribution < -0.4 is 10.1 Å². The quantitative estimate of drug-likeness (QED) is 0.0648. The second kappa shape index (κ2) is 18.9. The van der Waals surface area contributed by atoms with Crippen LogP contribution in [0.5, 0.6) is 17.2 Å². The van der Waals surface area contributed by atoms with E-state index in [0.29, 0.717) is 6.42 Å². The highest BCUT2D eigenvalue weighted by atomic mass is 16.7. The van der Waals surface area contributed by atoms with Gasteiger partial charge in [-0.15, -0.1) is 0 Å². The highest BCUT2D eigenvalue weighted by Gasteiger charge is 2.49. The number of aliphatic hydroxyl groups is 2. The predicted molar refractivity (Wildman–Crippen MR) is 205 cm³/mol. The van der Waals surface area contributed by atoms with Gasteiger partial charge in [0, 0.05) is 42.4 Å². The molecule has 0 aromatic heterocycles. The number of unbranched alkanes of at least 4 members (excludes halogenated alkanes) is 12. The van der Waals surface area contributed by atoms with E-state index in [1.807, 2.05) is 0 Å². The first-order valence-electron chi connectivity index (χ1n) is 20.2. The van der Waals surface area contributed by atoms with Crippen molar-refractivity contribution < 1.29 is 53.8 Å². The molecule has 2 aromatic rings. The number of aromatic hydroxyl groups is 2. The Kier molecular flexibility index (Phi) is 14.5. The fourth-order valence-electron chi connectivity index (χ4n) is 8.35. The fourth-order valence-corrected chi connectivity index (χ4v) is 8.35. The van der Waals surface area contributed by atoms with Gasteiger partial charge in [-0.2, -0.15) is 0 Å². The van der Waals surface area contributed by atoms with Crippen molar-refractivity contribution in [2.45, 2.75) is 166 Å². The maximum absolute atomic E-state index is 13.9. The third-order valence-corrected chi connectivity index (χ3v) is 11.6. The summed E-state index contributed by atoms with van der Waals surface area (Å²) in [5.41, 5.74) is -3.20. The van der Waals surface area contributed by atoms with Crippen molar-refractivity contribution in [3.63, 3.8) is 0 Å². The maximum atomic E-state index is 13.9. The number of Topliss-reactive ketones (excluding diaryl/α,β-unsaturated/α-hetero) is 1. The molecule has 2 aliphatic carbocycles. The summed E-state index contributed by atoms with van der Waals surface area (Å²) in [6, 6.07) is 3.71. The number of aliphatic hydroxyl groups excluding tert-OH is 1. The Hall–Kier alpha value is -3.84. The molecule has 1 saturated heterocycles. The second-order valence-corrected chi connectivity index (χ2v) is 15.6. The van der Waals surface area contributed by atoms with Gasteiger partial charge in [0.1, 0.15) is 29.0 Å². The lowest BCUT2D eigenvalue weighted by molar-refractivity contribution is -0.249. The third kappa shape index (κ3) is 9.42. The number of benzene rings is 2. The van der Waals surface area contributed by atoms with Gasteiger partial charge in [0.15, 0.2) is 17.9 Å². The minimum atomic E-state index is -2.06. The topological polar surface area (TPSA) is 189 Å². The van der Waals surface area contributed by atoms with Crippen molar-refractivity contribution in [3.05, 3.63) is 51.6 Å². The van der Waals surface area contributed by atoms with Gasteiger partial charge in [-0.1, -0.05) is 96.1 Å². The summed E-state index contributed by atoms with van der Waals surface area (Å²) in [6.45, 7) is 5.05. The van der Waals surface area contributed by atoms with Gasteiger partial charge in [-0.25, -0.2) is 0 Å². The Morgan fingerprint density at radius 2 is 1.49 bits per heavy atom. The lowest BCUT2D eigenvalue weighted by Crippen LogP contribution is -2.55. The van der Waals surface area contributed by atoms with Crippen LogP contribution in [0.4, 0.5) is 0 Å². The van der Waals surface area contributed by atoms with E-state index in [1.54, 1.807) is 6.92 Å². The molecule has 0 unspecified atom stereocenters. The number of carbonyl (C=O) groups excluding carboxylic acids is 4. The van der Waals surface area contributed by atoms with Crippen LogP contribution in [0.3, 0.4) is 0 Å². The molecule has 0 bridgehead atoms. The average Bonchev–Trinajstić information content (AvgIpc) is 3.15. The number of hydrogen-bond acceptors (Lipinski definition) is 11. The first kappa shape index (κ1) is 42.3. The Morgan fingerprint density at radius 1 is 0.891 bits per heavy atom. The zero-order chi connectivity index (χ0) is 39.9. The van der Waals surface area contributed by atoms with Crippen LogP contribution in [0, 0.1) is 0 Å². The number of amides is 1. The molecule has 3 aliphatic rings. The highest BCUT2D eigenvalue weighted by molar-refractivity contribution is 6.31. The maximum Gasteiger partial charge on any atom is 0.220 e. The Morgan fingerprint density at radius 3 is 2.09 bits per heavy atom. The van der Waals surface area contributed by atoms with Crippen molar-refractivity contribution in [1.29, 1.82) is 0 Å². The van der Waals surface area contributed by atoms with Gasteiger partial charge in [0.25, 0.3) is 0 Å². The summed E-state index contributed by atoms with van der Waals surface area (Å²) in [7, 11) is 1.34. The van der Waals surface area contributed by atoms with Crippen molar-refractivity contribution >= 4 is 23.3 Å². The van der Waals surface area contributed by atoms with Gasteiger partial charge in [-0.3, -0.25) is 19.2 Å². The van der Waals surface area contributed by atoms with E-state index in [-0.39, 0.29) is 46.8 Å². The van der Waals surface area contributed by atoms with Gasteiger partial charge >= 0.3 is 0 Å². The number of fused-ring (bicyclic) bond motifs is 3. The van der Waals surface area contributed by atoms with E-state index in [1.165, 1.54) is 90.0 Å². The van der Waals surface area contributed by atoms with Crippen LogP contribution in [0.1, 0.15) is 173 Å². The molecule has 0 spiro atoms. The van der Waals surface area contributed by atoms with E-state index in [9.17, 15) is 39.6 Å². The van der Waals surface area contributed by atoms with Crippen LogP contribution in [0.15, 0.2) is 18.2 Å². The number of carbonyl (C=O) groups is 4. The molecule has 5 rings (SSSR count). The summed E-state index contributed by atoms with van der Waals surface area (Å²) in [5, 5.41) is 48.8. The lowest BCUT2D eigenvalue weighted by Gasteiger charge is -2.42. The van der Waals surface area contributed by atoms with Gasteiger partial charge < -0.3 is 40.0 Å². The van der Waals surface area contributed by atoms with Gasteiger partial charge in [0.2, 0.25) is 11.7 Å². The Balaban J connectivity index is 1.24. The molecule has 302 valence electrons. The van der Waals surface area contributed by atoms with E-state index >= 15 is 0 Å². The number of ether oxygens (including phenoxy) is 3. The summed E-state index contributed by atoms with van der Waals surface area (Å²) in [5.74, 6) is -3.48. The average molecular weight is 766 g/mol. The van der Waals surface area contributed by atoms with Crippen LogP contribution in [0.25, 0.3) is 0 Å². The number of methoxy groups -OCH3 is 1. The van der Waals surface area contributed by atoms with E-state index < -0.39 is 82.6 Å². The zero-order valence-electron chi connectivity index (χ0n) is 32.8. The predicted octanol–water partition coefficient (Wildman–Crippen LogP) is 6.67. The van der Waals surface area contributed by atoms with E-state index in [0.717, 1.165) is 25.7 Å². The Labute approximate surface area is 323 Å². The summed E-state index contributed by atoms with van der Waals surface area (Å²) in [4.78, 5) is 53.5. The smallest absolute Gasteiger partial charge is 0.220 e. The molecular weight excluding hydrogens is 706 g/mol. The molecule has 1 fully saturated rings. The molecule has 6 atom stereocenters. The van der Waals surface area contributed by atoms with Gasteiger partial charge in [0.05, 0.1) is 42.0 Å². The lowest BCUT2D eigenvalue weighted by atomic mass is 9.72. The molecule has 0 saturated carbocycles. The van der Waals surface area contributed by atoms with Crippen molar-refractivity contribution in [2.24, 2.45) is 0 Å².